The lowest BCUT2D eigenvalue weighted by Gasteiger charge is -2.01. The Bertz CT molecular complexity index is 357. The number of nitrogens with zero attached hydrogens (tertiary/aromatic N) is 1. The Hall–Kier alpha value is -1.95. The average molecular weight is 187 g/mol. The van der Waals surface area contributed by atoms with Gasteiger partial charge in [-0.15, -0.1) is 0 Å². The van der Waals surface area contributed by atoms with Gasteiger partial charge in [-0.1, -0.05) is 12.1 Å². The summed E-state index contributed by atoms with van der Waals surface area (Å²) in [5, 5.41) is 8.59. The highest BCUT2D eigenvalue weighted by Gasteiger charge is 1.95. The summed E-state index contributed by atoms with van der Waals surface area (Å²) in [5.74, 6) is 0. The number of aryl methyl sites for hydroxylation is 1. The Morgan fingerprint density at radius 1 is 1.36 bits per heavy atom. The first kappa shape index (κ1) is 10.1. The zero-order valence-electron chi connectivity index (χ0n) is 7.90. The molecule has 0 spiro atoms. The van der Waals surface area contributed by atoms with Gasteiger partial charge in [-0.3, -0.25) is 0 Å². The average Bonchev–Trinajstić information content (AvgIpc) is 2.26. The monoisotopic (exact) mass is 187 g/mol. The lowest BCUT2D eigenvalue weighted by molar-refractivity contribution is 0.921. The van der Waals surface area contributed by atoms with E-state index in [0.717, 1.165) is 18.4 Å². The van der Waals surface area contributed by atoms with Gasteiger partial charge in [-0.2, -0.15) is 5.26 Å². The first-order valence-electron chi connectivity index (χ1n) is 4.41. The van der Waals surface area contributed by atoms with Gasteiger partial charge in [-0.25, -0.2) is 0 Å². The topological polar surface area (TPSA) is 75.8 Å². The third-order valence-electron chi connectivity index (χ3n) is 2.00. The number of rotatable bonds is 3. The maximum Gasteiger partial charge on any atom is 0.0991 e. The van der Waals surface area contributed by atoms with E-state index in [1.807, 2.05) is 12.1 Å². The first-order valence-corrected chi connectivity index (χ1v) is 4.41. The van der Waals surface area contributed by atoms with Gasteiger partial charge in [0, 0.05) is 11.9 Å². The molecule has 0 fully saturated rings. The molecule has 3 heteroatoms. The van der Waals surface area contributed by atoms with Crippen molar-refractivity contribution in [3.63, 3.8) is 0 Å². The third-order valence-corrected chi connectivity index (χ3v) is 2.00. The molecule has 0 aromatic heterocycles. The molecule has 14 heavy (non-hydrogen) atoms. The molecular formula is C11H13N3. The van der Waals surface area contributed by atoms with E-state index in [9.17, 15) is 0 Å². The highest BCUT2D eigenvalue weighted by molar-refractivity contribution is 5.31. The molecule has 1 aromatic rings. The zero-order valence-corrected chi connectivity index (χ0v) is 7.90. The van der Waals surface area contributed by atoms with Crippen LogP contribution in [0.5, 0.6) is 0 Å². The molecule has 0 aliphatic rings. The van der Waals surface area contributed by atoms with E-state index in [0.29, 0.717) is 11.3 Å². The van der Waals surface area contributed by atoms with Crippen molar-refractivity contribution in [2.24, 2.45) is 11.5 Å². The van der Waals surface area contributed by atoms with E-state index in [4.69, 9.17) is 16.7 Å². The SMILES string of the molecule is N#Cc1ccc(CC/C(N)=C/N)cc1. The van der Waals surface area contributed by atoms with E-state index < -0.39 is 0 Å². The Kier molecular flexibility index (Phi) is 3.57. The van der Waals surface area contributed by atoms with E-state index in [-0.39, 0.29) is 0 Å². The first-order chi connectivity index (χ1) is 6.76. The van der Waals surface area contributed by atoms with E-state index >= 15 is 0 Å². The van der Waals surface area contributed by atoms with Crippen molar-refractivity contribution in [3.8, 4) is 6.07 Å². The second kappa shape index (κ2) is 4.93. The largest absolute Gasteiger partial charge is 0.403 e. The maximum absolute atomic E-state index is 8.59. The Morgan fingerprint density at radius 2 is 2.00 bits per heavy atom. The van der Waals surface area contributed by atoms with E-state index in [1.54, 1.807) is 12.1 Å². The summed E-state index contributed by atoms with van der Waals surface area (Å²) in [5.41, 5.74) is 13.3. The minimum Gasteiger partial charge on any atom is -0.403 e. The molecule has 0 saturated heterocycles. The Morgan fingerprint density at radius 3 is 2.50 bits per heavy atom. The van der Waals surface area contributed by atoms with E-state index in [2.05, 4.69) is 6.07 Å². The fraction of sp³-hybridized carbons (Fsp3) is 0.182. The van der Waals surface area contributed by atoms with Gasteiger partial charge in [0.1, 0.15) is 0 Å². The molecule has 0 aliphatic carbocycles. The highest BCUT2D eigenvalue weighted by Crippen LogP contribution is 2.07. The molecular weight excluding hydrogens is 174 g/mol. The van der Waals surface area contributed by atoms with Crippen LogP contribution in [0, 0.1) is 11.3 Å². The molecule has 4 N–H and O–H groups in total. The lowest BCUT2D eigenvalue weighted by Crippen LogP contribution is -2.02. The van der Waals surface area contributed by atoms with Gasteiger partial charge >= 0.3 is 0 Å². The number of nitrogens with two attached hydrogens (primary N) is 2. The third kappa shape index (κ3) is 2.83. The second-order valence-electron chi connectivity index (χ2n) is 3.05. The van der Waals surface area contributed by atoms with Crippen molar-refractivity contribution in [1.82, 2.24) is 0 Å². The number of nitriles is 1. The van der Waals surface area contributed by atoms with Gasteiger partial charge in [0.05, 0.1) is 11.6 Å². The molecule has 0 heterocycles. The van der Waals surface area contributed by atoms with Crippen LogP contribution in [0.2, 0.25) is 0 Å². The van der Waals surface area contributed by atoms with Crippen molar-refractivity contribution >= 4 is 0 Å². The summed E-state index contributed by atoms with van der Waals surface area (Å²) in [6.45, 7) is 0. The number of allylic oxidation sites excluding steroid dienone is 1. The number of hydrogen-bond donors (Lipinski definition) is 2. The lowest BCUT2D eigenvalue weighted by atomic mass is 10.1. The van der Waals surface area contributed by atoms with Gasteiger partial charge in [-0.05, 0) is 30.5 Å². The summed E-state index contributed by atoms with van der Waals surface area (Å²) < 4.78 is 0. The highest BCUT2D eigenvalue weighted by atomic mass is 14.6. The molecule has 3 nitrogen and oxygen atoms in total. The molecule has 1 rings (SSSR count). The fourth-order valence-corrected chi connectivity index (χ4v) is 1.12. The van der Waals surface area contributed by atoms with Crippen LogP contribution < -0.4 is 11.5 Å². The van der Waals surface area contributed by atoms with Crippen LogP contribution in [0.1, 0.15) is 17.5 Å². The molecule has 72 valence electrons. The summed E-state index contributed by atoms with van der Waals surface area (Å²) in [7, 11) is 0. The number of hydrogen-bond acceptors (Lipinski definition) is 3. The smallest absolute Gasteiger partial charge is 0.0991 e. The van der Waals surface area contributed by atoms with Crippen molar-refractivity contribution in [1.29, 1.82) is 5.26 Å². The van der Waals surface area contributed by atoms with Crippen LogP contribution >= 0.6 is 0 Å². The van der Waals surface area contributed by atoms with Crippen molar-refractivity contribution < 1.29 is 0 Å². The number of benzene rings is 1. The van der Waals surface area contributed by atoms with Crippen molar-refractivity contribution in [3.05, 3.63) is 47.3 Å². The quantitative estimate of drug-likeness (QED) is 0.747. The Labute approximate surface area is 83.6 Å². The van der Waals surface area contributed by atoms with Crippen LogP contribution in [-0.2, 0) is 6.42 Å². The molecule has 0 aliphatic heterocycles. The van der Waals surface area contributed by atoms with Gasteiger partial charge in [0.2, 0.25) is 0 Å². The molecule has 0 bridgehead atoms. The van der Waals surface area contributed by atoms with E-state index in [1.165, 1.54) is 6.20 Å². The summed E-state index contributed by atoms with van der Waals surface area (Å²) in [6.07, 6.45) is 3.03. The Balaban J connectivity index is 2.57. The normalized spacial score (nSPS) is 10.9. The van der Waals surface area contributed by atoms with Crippen LogP contribution in [0.25, 0.3) is 0 Å². The molecule has 1 aromatic carbocycles. The van der Waals surface area contributed by atoms with Crippen LogP contribution in [-0.4, -0.2) is 0 Å². The fourth-order valence-electron chi connectivity index (χ4n) is 1.12. The van der Waals surface area contributed by atoms with Crippen molar-refractivity contribution in [2.75, 3.05) is 0 Å². The molecule has 0 amide bonds. The standard InChI is InChI=1S/C11H13N3/c12-7-10-3-1-9(2-4-10)5-6-11(14)8-13/h1-4,8H,5-6,13-14H2/b11-8-. The summed E-state index contributed by atoms with van der Waals surface area (Å²) >= 11 is 0. The molecule has 0 saturated carbocycles. The van der Waals surface area contributed by atoms with Crippen LogP contribution in [0.15, 0.2) is 36.2 Å². The molecule has 0 unspecified atom stereocenters. The zero-order chi connectivity index (χ0) is 10.4. The summed E-state index contributed by atoms with van der Waals surface area (Å²) in [4.78, 5) is 0. The summed E-state index contributed by atoms with van der Waals surface area (Å²) in [6, 6.07) is 9.55. The molecule has 0 atom stereocenters. The minimum absolute atomic E-state index is 0.677. The predicted octanol–water partition coefficient (Wildman–Crippen LogP) is 1.25. The second-order valence-corrected chi connectivity index (χ2v) is 3.05. The maximum atomic E-state index is 8.59. The van der Waals surface area contributed by atoms with Gasteiger partial charge in [0.15, 0.2) is 0 Å². The van der Waals surface area contributed by atoms with Crippen molar-refractivity contribution in [2.45, 2.75) is 12.8 Å². The van der Waals surface area contributed by atoms with Gasteiger partial charge in [0.25, 0.3) is 0 Å². The minimum atomic E-state index is 0.677. The van der Waals surface area contributed by atoms with Crippen LogP contribution in [0.4, 0.5) is 0 Å². The van der Waals surface area contributed by atoms with Gasteiger partial charge < -0.3 is 11.5 Å². The molecule has 0 radical (unpaired) electrons. The predicted molar refractivity (Wildman–Crippen MR) is 55.9 cm³/mol. The van der Waals surface area contributed by atoms with Crippen LogP contribution in [0.3, 0.4) is 0 Å².